The van der Waals surface area contributed by atoms with Crippen LogP contribution in [-0.2, 0) is 0 Å². The monoisotopic (exact) mass is 430 g/mol. The second-order valence-electron chi connectivity index (χ2n) is 6.87. The molecule has 0 fully saturated rings. The number of benzene rings is 3. The first-order valence-electron chi connectivity index (χ1n) is 9.51. The SMILES string of the molecule is Cc1cccc(-c2nnc(SCC(=O)c3cccc([N+](=O)[O-])c3)n2-c2ccccc2)c1. The van der Waals surface area contributed by atoms with Crippen molar-refractivity contribution in [1.82, 2.24) is 14.8 Å². The highest BCUT2D eigenvalue weighted by atomic mass is 32.2. The summed E-state index contributed by atoms with van der Waals surface area (Å²) in [5.41, 5.74) is 3.11. The summed E-state index contributed by atoms with van der Waals surface area (Å²) < 4.78 is 1.92. The van der Waals surface area contributed by atoms with Crippen LogP contribution in [0, 0.1) is 17.0 Å². The van der Waals surface area contributed by atoms with Crippen molar-refractivity contribution in [2.45, 2.75) is 12.1 Å². The van der Waals surface area contributed by atoms with Crippen molar-refractivity contribution in [3.05, 3.63) is 100 Å². The molecule has 154 valence electrons. The molecule has 0 atom stereocenters. The molecule has 8 heteroatoms. The molecule has 0 N–H and O–H groups in total. The van der Waals surface area contributed by atoms with Crippen LogP contribution < -0.4 is 0 Å². The number of nitro benzene ring substituents is 1. The number of ketones is 1. The Kier molecular flexibility index (Phi) is 5.90. The number of hydrogen-bond acceptors (Lipinski definition) is 6. The van der Waals surface area contributed by atoms with Crippen LogP contribution in [0.2, 0.25) is 0 Å². The maximum absolute atomic E-state index is 12.7. The summed E-state index contributed by atoms with van der Waals surface area (Å²) >= 11 is 1.25. The zero-order valence-electron chi connectivity index (χ0n) is 16.6. The fourth-order valence-electron chi connectivity index (χ4n) is 3.15. The van der Waals surface area contributed by atoms with E-state index < -0.39 is 4.92 Å². The first-order valence-corrected chi connectivity index (χ1v) is 10.5. The lowest BCUT2D eigenvalue weighted by Crippen LogP contribution is -2.05. The van der Waals surface area contributed by atoms with Crippen LogP contribution in [0.3, 0.4) is 0 Å². The number of carbonyl (C=O) groups is 1. The molecule has 0 aliphatic rings. The lowest BCUT2D eigenvalue weighted by atomic mass is 10.1. The summed E-state index contributed by atoms with van der Waals surface area (Å²) in [6.07, 6.45) is 0. The lowest BCUT2D eigenvalue weighted by molar-refractivity contribution is -0.384. The first-order chi connectivity index (χ1) is 15.0. The van der Waals surface area contributed by atoms with Crippen molar-refractivity contribution in [3.63, 3.8) is 0 Å². The fourth-order valence-corrected chi connectivity index (χ4v) is 4.00. The van der Waals surface area contributed by atoms with Gasteiger partial charge in [0.15, 0.2) is 16.8 Å². The van der Waals surface area contributed by atoms with Crippen LogP contribution in [0.25, 0.3) is 17.1 Å². The van der Waals surface area contributed by atoms with Gasteiger partial charge in [0.05, 0.1) is 10.7 Å². The molecule has 0 saturated carbocycles. The topological polar surface area (TPSA) is 90.9 Å². The molecule has 4 rings (SSSR count). The van der Waals surface area contributed by atoms with Gasteiger partial charge in [0.1, 0.15) is 0 Å². The molecule has 0 aliphatic heterocycles. The number of nitro groups is 1. The van der Waals surface area contributed by atoms with Gasteiger partial charge in [-0.15, -0.1) is 10.2 Å². The Labute approximate surface area is 182 Å². The van der Waals surface area contributed by atoms with E-state index in [0.29, 0.717) is 16.5 Å². The van der Waals surface area contributed by atoms with Crippen molar-refractivity contribution < 1.29 is 9.72 Å². The predicted molar refractivity (Wildman–Crippen MR) is 120 cm³/mol. The van der Waals surface area contributed by atoms with Crippen LogP contribution in [0.4, 0.5) is 5.69 Å². The maximum Gasteiger partial charge on any atom is 0.270 e. The predicted octanol–water partition coefficient (Wildman–Crippen LogP) is 5.13. The highest BCUT2D eigenvalue weighted by Crippen LogP contribution is 2.29. The van der Waals surface area contributed by atoms with Gasteiger partial charge < -0.3 is 0 Å². The second-order valence-corrected chi connectivity index (χ2v) is 7.81. The number of rotatable bonds is 7. The van der Waals surface area contributed by atoms with E-state index in [0.717, 1.165) is 16.8 Å². The van der Waals surface area contributed by atoms with Crippen molar-refractivity contribution in [3.8, 4) is 17.1 Å². The van der Waals surface area contributed by atoms with E-state index in [1.165, 1.54) is 30.0 Å². The van der Waals surface area contributed by atoms with Gasteiger partial charge in [-0.1, -0.05) is 65.9 Å². The summed E-state index contributed by atoms with van der Waals surface area (Å²) in [5.74, 6) is 0.550. The summed E-state index contributed by atoms with van der Waals surface area (Å²) in [6, 6.07) is 23.4. The molecule has 0 amide bonds. The first kappa shape index (κ1) is 20.5. The van der Waals surface area contributed by atoms with Gasteiger partial charge in [-0.3, -0.25) is 19.5 Å². The van der Waals surface area contributed by atoms with E-state index in [9.17, 15) is 14.9 Å². The van der Waals surface area contributed by atoms with Gasteiger partial charge in [0.2, 0.25) is 0 Å². The average Bonchev–Trinajstić information content (AvgIpc) is 3.22. The minimum absolute atomic E-state index is 0.0833. The highest BCUT2D eigenvalue weighted by molar-refractivity contribution is 7.99. The number of nitrogens with zero attached hydrogens (tertiary/aromatic N) is 4. The van der Waals surface area contributed by atoms with Crippen molar-refractivity contribution in [1.29, 1.82) is 0 Å². The minimum Gasteiger partial charge on any atom is -0.293 e. The number of carbonyl (C=O) groups excluding carboxylic acids is 1. The number of Topliss-reactive ketones (excluding diaryl/α,β-unsaturated/α-hetero) is 1. The molecule has 31 heavy (non-hydrogen) atoms. The van der Waals surface area contributed by atoms with E-state index in [1.54, 1.807) is 6.07 Å². The van der Waals surface area contributed by atoms with Crippen LogP contribution in [0.1, 0.15) is 15.9 Å². The Morgan fingerprint density at radius 3 is 2.52 bits per heavy atom. The largest absolute Gasteiger partial charge is 0.293 e. The van der Waals surface area contributed by atoms with Crippen LogP contribution in [-0.4, -0.2) is 31.2 Å². The molecule has 1 heterocycles. The summed E-state index contributed by atoms with van der Waals surface area (Å²) in [4.78, 5) is 23.1. The number of hydrogen-bond donors (Lipinski definition) is 0. The van der Waals surface area contributed by atoms with E-state index in [1.807, 2.05) is 66.1 Å². The molecule has 7 nitrogen and oxygen atoms in total. The maximum atomic E-state index is 12.7. The highest BCUT2D eigenvalue weighted by Gasteiger charge is 2.18. The third-order valence-electron chi connectivity index (χ3n) is 4.64. The van der Waals surface area contributed by atoms with Gasteiger partial charge in [-0.05, 0) is 25.1 Å². The Morgan fingerprint density at radius 1 is 1.00 bits per heavy atom. The third-order valence-corrected chi connectivity index (χ3v) is 5.56. The number of aryl methyl sites for hydroxylation is 1. The second kappa shape index (κ2) is 8.93. The number of para-hydroxylation sites is 1. The molecule has 1 aromatic heterocycles. The van der Waals surface area contributed by atoms with E-state index in [-0.39, 0.29) is 17.2 Å². The van der Waals surface area contributed by atoms with Crippen molar-refractivity contribution in [2.24, 2.45) is 0 Å². The molecule has 4 aromatic rings. The van der Waals surface area contributed by atoms with Gasteiger partial charge in [0.25, 0.3) is 5.69 Å². The lowest BCUT2D eigenvalue weighted by Gasteiger charge is -2.10. The molecule has 0 saturated heterocycles. The fraction of sp³-hybridized carbons (Fsp3) is 0.0870. The summed E-state index contributed by atoms with van der Waals surface area (Å²) in [6.45, 7) is 2.01. The van der Waals surface area contributed by atoms with Gasteiger partial charge in [0, 0.05) is 28.9 Å². The van der Waals surface area contributed by atoms with Crippen LogP contribution in [0.15, 0.2) is 84.0 Å². The third kappa shape index (κ3) is 4.54. The van der Waals surface area contributed by atoms with Gasteiger partial charge >= 0.3 is 0 Å². The summed E-state index contributed by atoms with van der Waals surface area (Å²) in [5, 5.41) is 20.3. The summed E-state index contributed by atoms with van der Waals surface area (Å²) in [7, 11) is 0. The zero-order chi connectivity index (χ0) is 21.8. The molecule has 0 bridgehead atoms. The Bertz CT molecular complexity index is 1250. The van der Waals surface area contributed by atoms with Crippen LogP contribution in [0.5, 0.6) is 0 Å². The molecular formula is C23H18N4O3S. The van der Waals surface area contributed by atoms with E-state index in [2.05, 4.69) is 10.2 Å². The van der Waals surface area contributed by atoms with E-state index in [4.69, 9.17) is 0 Å². The molecule has 3 aromatic carbocycles. The molecular weight excluding hydrogens is 412 g/mol. The molecule has 0 unspecified atom stereocenters. The zero-order valence-corrected chi connectivity index (χ0v) is 17.5. The number of aromatic nitrogens is 3. The van der Waals surface area contributed by atoms with Gasteiger partial charge in [-0.2, -0.15) is 0 Å². The standard InChI is InChI=1S/C23H18N4O3S/c1-16-7-5-9-18(13-16)22-24-25-23(26(22)19-10-3-2-4-11-19)31-15-21(28)17-8-6-12-20(14-17)27(29)30/h2-14H,15H2,1H3. The van der Waals surface area contributed by atoms with Gasteiger partial charge in [-0.25, -0.2) is 0 Å². The Hall–Kier alpha value is -3.78. The van der Waals surface area contributed by atoms with Crippen molar-refractivity contribution >= 4 is 23.2 Å². The smallest absolute Gasteiger partial charge is 0.270 e. The quantitative estimate of drug-likeness (QED) is 0.175. The Morgan fingerprint density at radius 2 is 1.77 bits per heavy atom. The Balaban J connectivity index is 1.65. The molecule has 0 radical (unpaired) electrons. The normalized spacial score (nSPS) is 10.7. The molecule has 0 aliphatic carbocycles. The number of thioether (sulfide) groups is 1. The molecule has 0 spiro atoms. The van der Waals surface area contributed by atoms with E-state index >= 15 is 0 Å². The minimum atomic E-state index is -0.510. The number of non-ortho nitro benzene ring substituents is 1. The average molecular weight is 430 g/mol. The van der Waals surface area contributed by atoms with Crippen LogP contribution >= 0.6 is 11.8 Å². The van der Waals surface area contributed by atoms with Crippen molar-refractivity contribution in [2.75, 3.05) is 5.75 Å².